The van der Waals surface area contributed by atoms with Crippen LogP contribution in [0.1, 0.15) is 32.8 Å². The number of carbonyl (C=O) groups excluding carboxylic acids is 2. The average Bonchev–Trinajstić information content (AvgIpc) is 2.75. The molecule has 0 aliphatic carbocycles. The maximum atomic E-state index is 13.5. The Hall–Kier alpha value is -2.00. The number of amides is 2. The number of sulfonamides is 1. The van der Waals surface area contributed by atoms with Crippen LogP contribution in [0.15, 0.2) is 42.5 Å². The zero-order valence-corrected chi connectivity index (χ0v) is 22.5. The summed E-state index contributed by atoms with van der Waals surface area (Å²) in [5.41, 5.74) is 0.806. The van der Waals surface area contributed by atoms with Crippen LogP contribution in [0.2, 0.25) is 15.1 Å². The Morgan fingerprint density at radius 2 is 1.68 bits per heavy atom. The van der Waals surface area contributed by atoms with E-state index >= 15 is 0 Å². The van der Waals surface area contributed by atoms with Gasteiger partial charge in [-0.2, -0.15) is 0 Å². The Morgan fingerprint density at radius 1 is 1.03 bits per heavy atom. The van der Waals surface area contributed by atoms with Gasteiger partial charge >= 0.3 is 0 Å². The van der Waals surface area contributed by atoms with Crippen LogP contribution in [-0.4, -0.2) is 50.0 Å². The summed E-state index contributed by atoms with van der Waals surface area (Å²) < 4.78 is 26.0. The topological polar surface area (TPSA) is 86.8 Å². The zero-order valence-electron chi connectivity index (χ0n) is 19.4. The third-order valence-electron chi connectivity index (χ3n) is 5.30. The number of hydrogen-bond donors (Lipinski definition) is 1. The highest BCUT2D eigenvalue weighted by molar-refractivity contribution is 7.92. The molecule has 34 heavy (non-hydrogen) atoms. The van der Waals surface area contributed by atoms with Gasteiger partial charge in [-0.1, -0.05) is 53.9 Å². The molecule has 186 valence electrons. The molecule has 1 N–H and O–H groups in total. The van der Waals surface area contributed by atoms with Crippen molar-refractivity contribution in [3.8, 4) is 0 Å². The highest BCUT2D eigenvalue weighted by Gasteiger charge is 2.31. The van der Waals surface area contributed by atoms with Crippen molar-refractivity contribution < 1.29 is 18.0 Å². The molecule has 0 saturated heterocycles. The molecule has 0 fully saturated rings. The first-order chi connectivity index (χ1) is 15.8. The van der Waals surface area contributed by atoms with Gasteiger partial charge in [-0.25, -0.2) is 8.42 Å². The number of halogens is 3. The maximum absolute atomic E-state index is 13.5. The molecule has 0 spiro atoms. The molecule has 2 amide bonds. The standard InChI is InChI=1S/C23H28Cl3N3O4S/c1-5-15(2)27-23(31)16(3)28(13-17-9-10-19(25)12-21(17)26)22(30)14-29(34(4,32)33)20-8-6-7-18(24)11-20/h6-12,15-16H,5,13-14H2,1-4H3,(H,27,31)/t15-,16+/m0/s1. The molecule has 0 heterocycles. The van der Waals surface area contributed by atoms with E-state index in [-0.39, 0.29) is 24.2 Å². The van der Waals surface area contributed by atoms with E-state index in [0.717, 1.165) is 10.6 Å². The zero-order chi connectivity index (χ0) is 25.6. The minimum absolute atomic E-state index is 0.0168. The van der Waals surface area contributed by atoms with Crippen LogP contribution in [0.4, 0.5) is 5.69 Å². The van der Waals surface area contributed by atoms with Gasteiger partial charge < -0.3 is 10.2 Å². The lowest BCUT2D eigenvalue weighted by atomic mass is 10.1. The van der Waals surface area contributed by atoms with Crippen LogP contribution in [0.3, 0.4) is 0 Å². The quantitative estimate of drug-likeness (QED) is 0.464. The molecule has 2 aromatic rings. The Bertz CT molecular complexity index is 1140. The molecule has 11 heteroatoms. The van der Waals surface area contributed by atoms with Crippen LogP contribution in [-0.2, 0) is 26.2 Å². The number of rotatable bonds is 10. The van der Waals surface area contributed by atoms with E-state index in [1.54, 1.807) is 43.3 Å². The van der Waals surface area contributed by atoms with Gasteiger partial charge in [-0.15, -0.1) is 0 Å². The SMILES string of the molecule is CC[C@H](C)NC(=O)[C@@H](C)N(Cc1ccc(Cl)cc1Cl)C(=O)CN(c1cccc(Cl)c1)S(C)(=O)=O. The van der Waals surface area contributed by atoms with E-state index < -0.39 is 28.5 Å². The van der Waals surface area contributed by atoms with E-state index in [9.17, 15) is 18.0 Å². The Labute approximate surface area is 216 Å². The predicted molar refractivity (Wildman–Crippen MR) is 138 cm³/mol. The van der Waals surface area contributed by atoms with Crippen LogP contribution >= 0.6 is 34.8 Å². The highest BCUT2D eigenvalue weighted by atomic mass is 35.5. The second-order valence-corrected chi connectivity index (χ2v) is 11.2. The summed E-state index contributed by atoms with van der Waals surface area (Å²) >= 11 is 18.3. The molecular formula is C23H28Cl3N3O4S. The van der Waals surface area contributed by atoms with Crippen molar-refractivity contribution in [2.24, 2.45) is 0 Å². The summed E-state index contributed by atoms with van der Waals surface area (Å²) in [6.07, 6.45) is 1.71. The average molecular weight is 549 g/mol. The Kier molecular flexibility index (Phi) is 10.1. The number of benzene rings is 2. The smallest absolute Gasteiger partial charge is 0.244 e. The summed E-state index contributed by atoms with van der Waals surface area (Å²) in [6.45, 7) is 4.84. The molecule has 0 saturated carbocycles. The molecular weight excluding hydrogens is 521 g/mol. The van der Waals surface area contributed by atoms with Crippen molar-refractivity contribution in [3.05, 3.63) is 63.1 Å². The van der Waals surface area contributed by atoms with Gasteiger partial charge in [0, 0.05) is 27.7 Å². The Balaban J connectivity index is 2.42. The molecule has 0 aromatic heterocycles. The number of nitrogens with one attached hydrogen (secondary N) is 1. The minimum Gasteiger partial charge on any atom is -0.352 e. The molecule has 2 atom stereocenters. The fraction of sp³-hybridized carbons (Fsp3) is 0.391. The van der Waals surface area contributed by atoms with Crippen molar-refractivity contribution in [3.63, 3.8) is 0 Å². The second kappa shape index (κ2) is 12.1. The number of carbonyl (C=O) groups is 2. The first-order valence-electron chi connectivity index (χ1n) is 10.6. The van der Waals surface area contributed by atoms with Crippen molar-refractivity contribution in [2.75, 3.05) is 17.1 Å². The maximum Gasteiger partial charge on any atom is 0.244 e. The van der Waals surface area contributed by atoms with E-state index in [1.807, 2.05) is 13.8 Å². The number of hydrogen-bond acceptors (Lipinski definition) is 4. The van der Waals surface area contributed by atoms with Crippen molar-refractivity contribution in [1.82, 2.24) is 10.2 Å². The van der Waals surface area contributed by atoms with E-state index in [4.69, 9.17) is 34.8 Å². The third-order valence-corrected chi connectivity index (χ3v) is 7.26. The molecule has 2 aromatic carbocycles. The lowest BCUT2D eigenvalue weighted by Crippen LogP contribution is -2.52. The Morgan fingerprint density at radius 3 is 2.24 bits per heavy atom. The van der Waals surface area contributed by atoms with Crippen LogP contribution < -0.4 is 9.62 Å². The monoisotopic (exact) mass is 547 g/mol. The van der Waals surface area contributed by atoms with Crippen LogP contribution in [0, 0.1) is 0 Å². The molecule has 0 aliphatic rings. The van der Waals surface area contributed by atoms with Gasteiger partial charge in [0.1, 0.15) is 12.6 Å². The molecule has 0 unspecified atom stereocenters. The molecule has 2 rings (SSSR count). The summed E-state index contributed by atoms with van der Waals surface area (Å²) in [6, 6.07) is 10.0. The molecule has 7 nitrogen and oxygen atoms in total. The largest absolute Gasteiger partial charge is 0.352 e. The third kappa shape index (κ3) is 7.77. The van der Waals surface area contributed by atoms with Gasteiger partial charge in [-0.05, 0) is 56.2 Å². The highest BCUT2D eigenvalue weighted by Crippen LogP contribution is 2.25. The lowest BCUT2D eigenvalue weighted by Gasteiger charge is -2.32. The normalized spacial score (nSPS) is 13.1. The number of anilines is 1. The van der Waals surface area contributed by atoms with E-state index in [1.165, 1.54) is 11.0 Å². The fourth-order valence-electron chi connectivity index (χ4n) is 3.13. The minimum atomic E-state index is -3.84. The molecule has 0 radical (unpaired) electrons. The number of nitrogens with zero attached hydrogens (tertiary/aromatic N) is 2. The summed E-state index contributed by atoms with van der Waals surface area (Å²) in [7, 11) is -3.84. The van der Waals surface area contributed by atoms with E-state index in [2.05, 4.69) is 5.32 Å². The first-order valence-corrected chi connectivity index (χ1v) is 13.6. The fourth-order valence-corrected chi connectivity index (χ4v) is 4.62. The van der Waals surface area contributed by atoms with Gasteiger partial charge in [0.2, 0.25) is 21.8 Å². The lowest BCUT2D eigenvalue weighted by molar-refractivity contribution is -0.139. The van der Waals surface area contributed by atoms with Crippen molar-refractivity contribution >= 4 is 62.3 Å². The van der Waals surface area contributed by atoms with Gasteiger partial charge in [0.15, 0.2) is 0 Å². The molecule has 0 aliphatic heterocycles. The van der Waals surface area contributed by atoms with Crippen LogP contribution in [0.25, 0.3) is 0 Å². The van der Waals surface area contributed by atoms with Crippen molar-refractivity contribution in [1.29, 1.82) is 0 Å². The van der Waals surface area contributed by atoms with Crippen molar-refractivity contribution in [2.45, 2.75) is 45.8 Å². The summed E-state index contributed by atoms with van der Waals surface area (Å²) in [5.74, 6) is -0.940. The predicted octanol–water partition coefficient (Wildman–Crippen LogP) is 4.74. The van der Waals surface area contributed by atoms with Gasteiger partial charge in [0.05, 0.1) is 11.9 Å². The first kappa shape index (κ1) is 28.2. The summed E-state index contributed by atoms with van der Waals surface area (Å²) in [5, 5.41) is 3.94. The summed E-state index contributed by atoms with van der Waals surface area (Å²) in [4.78, 5) is 27.7. The van der Waals surface area contributed by atoms with E-state index in [0.29, 0.717) is 27.1 Å². The van der Waals surface area contributed by atoms with Crippen LogP contribution in [0.5, 0.6) is 0 Å². The molecule has 0 bridgehead atoms. The van der Waals surface area contributed by atoms with Gasteiger partial charge in [0.25, 0.3) is 0 Å². The van der Waals surface area contributed by atoms with Gasteiger partial charge in [-0.3, -0.25) is 13.9 Å². The second-order valence-electron chi connectivity index (χ2n) is 8.00.